The summed E-state index contributed by atoms with van der Waals surface area (Å²) in [4.78, 5) is 0. The molecule has 1 aromatic rings. The average Bonchev–Trinajstić information content (AvgIpc) is 2.73. The molecule has 17 heavy (non-hydrogen) atoms. The summed E-state index contributed by atoms with van der Waals surface area (Å²) in [5.41, 5.74) is 0. The molecule has 0 aliphatic heterocycles. The van der Waals surface area contributed by atoms with Gasteiger partial charge in [0, 0.05) is 19.5 Å². The van der Waals surface area contributed by atoms with Gasteiger partial charge in [-0.05, 0) is 19.8 Å². The third kappa shape index (κ3) is 2.99. The van der Waals surface area contributed by atoms with E-state index in [0.29, 0.717) is 0 Å². The maximum Gasteiger partial charge on any atom is 0.224 e. The molecule has 0 atom stereocenters. The lowest BCUT2D eigenvalue weighted by molar-refractivity contribution is 0.348. The van der Waals surface area contributed by atoms with Gasteiger partial charge in [0.2, 0.25) is 5.95 Å². The van der Waals surface area contributed by atoms with Crippen molar-refractivity contribution < 1.29 is 0 Å². The van der Waals surface area contributed by atoms with E-state index in [2.05, 4.69) is 33.9 Å². The van der Waals surface area contributed by atoms with Gasteiger partial charge in [-0.3, -0.25) is 4.57 Å². The van der Waals surface area contributed by atoms with Crippen molar-refractivity contribution in [3.05, 3.63) is 5.82 Å². The highest BCUT2D eigenvalue weighted by molar-refractivity contribution is 5.25. The van der Waals surface area contributed by atoms with Crippen molar-refractivity contribution >= 4 is 5.95 Å². The molecular weight excluding hydrogens is 212 g/mol. The van der Waals surface area contributed by atoms with Gasteiger partial charge in [0.1, 0.15) is 5.82 Å². The molecule has 1 N–H and O–H groups in total. The molecule has 1 fully saturated rings. The van der Waals surface area contributed by atoms with Crippen LogP contribution >= 0.6 is 0 Å². The van der Waals surface area contributed by atoms with Crippen LogP contribution in [0.25, 0.3) is 0 Å². The number of rotatable bonds is 5. The lowest BCUT2D eigenvalue weighted by atomic mass is 9.87. The van der Waals surface area contributed by atoms with Crippen LogP contribution in [-0.4, -0.2) is 21.3 Å². The van der Waals surface area contributed by atoms with Gasteiger partial charge in [-0.1, -0.05) is 32.1 Å². The fraction of sp³-hybridized carbons (Fsp3) is 0.846. The predicted octanol–water partition coefficient (Wildman–Crippen LogP) is 2.85. The zero-order chi connectivity index (χ0) is 12.1. The maximum atomic E-state index is 4.35. The van der Waals surface area contributed by atoms with Gasteiger partial charge in [0.15, 0.2) is 0 Å². The lowest BCUT2D eigenvalue weighted by Gasteiger charge is -2.21. The molecule has 0 bridgehead atoms. The van der Waals surface area contributed by atoms with E-state index in [1.54, 1.807) is 0 Å². The van der Waals surface area contributed by atoms with E-state index in [4.69, 9.17) is 0 Å². The van der Waals surface area contributed by atoms with Crippen LogP contribution in [0.5, 0.6) is 0 Å². The van der Waals surface area contributed by atoms with Gasteiger partial charge in [-0.2, -0.15) is 0 Å². The van der Waals surface area contributed by atoms with Crippen LogP contribution in [0.15, 0.2) is 0 Å². The van der Waals surface area contributed by atoms with Crippen LogP contribution < -0.4 is 5.32 Å². The van der Waals surface area contributed by atoms with E-state index in [1.807, 2.05) is 0 Å². The molecule has 0 spiro atoms. The Morgan fingerprint density at radius 2 is 1.94 bits per heavy atom. The van der Waals surface area contributed by atoms with Crippen LogP contribution in [0.1, 0.15) is 51.8 Å². The second-order valence-electron chi connectivity index (χ2n) is 4.92. The Hall–Kier alpha value is -1.06. The van der Waals surface area contributed by atoms with Gasteiger partial charge in [-0.15, -0.1) is 10.2 Å². The average molecular weight is 236 g/mol. The standard InChI is InChI=1S/C13H24N4/c1-3-14-13-16-15-12(17(13)4-2)10-11-8-6-5-7-9-11/h11H,3-10H2,1-2H3,(H,14,16). The summed E-state index contributed by atoms with van der Waals surface area (Å²) in [6.45, 7) is 6.11. The summed E-state index contributed by atoms with van der Waals surface area (Å²) in [5, 5.41) is 11.9. The molecule has 0 amide bonds. The summed E-state index contributed by atoms with van der Waals surface area (Å²) < 4.78 is 2.22. The van der Waals surface area contributed by atoms with E-state index < -0.39 is 0 Å². The van der Waals surface area contributed by atoms with Crippen molar-refractivity contribution in [2.75, 3.05) is 11.9 Å². The summed E-state index contributed by atoms with van der Waals surface area (Å²) >= 11 is 0. The van der Waals surface area contributed by atoms with Crippen LogP contribution in [0.3, 0.4) is 0 Å². The number of nitrogens with one attached hydrogen (secondary N) is 1. The van der Waals surface area contributed by atoms with Crippen molar-refractivity contribution in [2.24, 2.45) is 5.92 Å². The van der Waals surface area contributed by atoms with Crippen LogP contribution in [0.4, 0.5) is 5.95 Å². The maximum absolute atomic E-state index is 4.35. The minimum absolute atomic E-state index is 0.827. The summed E-state index contributed by atoms with van der Waals surface area (Å²) in [6.07, 6.45) is 8.04. The van der Waals surface area contributed by atoms with Gasteiger partial charge < -0.3 is 5.32 Å². The monoisotopic (exact) mass is 236 g/mol. The van der Waals surface area contributed by atoms with E-state index in [0.717, 1.165) is 37.2 Å². The Morgan fingerprint density at radius 3 is 2.59 bits per heavy atom. The quantitative estimate of drug-likeness (QED) is 0.855. The summed E-state index contributed by atoms with van der Waals surface area (Å²) in [7, 11) is 0. The van der Waals surface area contributed by atoms with Crippen molar-refractivity contribution in [1.29, 1.82) is 0 Å². The predicted molar refractivity (Wildman–Crippen MR) is 70.1 cm³/mol. The summed E-state index contributed by atoms with van der Waals surface area (Å²) in [6, 6.07) is 0. The zero-order valence-electron chi connectivity index (χ0n) is 11.1. The molecule has 96 valence electrons. The highest BCUT2D eigenvalue weighted by Gasteiger charge is 2.18. The Morgan fingerprint density at radius 1 is 1.18 bits per heavy atom. The van der Waals surface area contributed by atoms with Crippen LogP contribution in [-0.2, 0) is 13.0 Å². The number of anilines is 1. The molecule has 1 aliphatic rings. The third-order valence-corrected chi connectivity index (χ3v) is 3.67. The largest absolute Gasteiger partial charge is 0.355 e. The normalized spacial score (nSPS) is 17.3. The molecule has 0 saturated heterocycles. The van der Waals surface area contributed by atoms with E-state index in [1.165, 1.54) is 32.1 Å². The highest BCUT2D eigenvalue weighted by Crippen LogP contribution is 2.26. The van der Waals surface area contributed by atoms with Gasteiger partial charge in [0.25, 0.3) is 0 Å². The van der Waals surface area contributed by atoms with Gasteiger partial charge in [-0.25, -0.2) is 0 Å². The smallest absolute Gasteiger partial charge is 0.224 e. The first kappa shape index (κ1) is 12.4. The lowest BCUT2D eigenvalue weighted by Crippen LogP contribution is -2.14. The Balaban J connectivity index is 2.03. The first-order chi connectivity index (χ1) is 8.35. The molecule has 0 unspecified atom stereocenters. The van der Waals surface area contributed by atoms with Crippen molar-refractivity contribution in [3.8, 4) is 0 Å². The van der Waals surface area contributed by atoms with Gasteiger partial charge in [0.05, 0.1) is 0 Å². The molecule has 1 aliphatic carbocycles. The Kier molecular flexibility index (Phi) is 4.40. The number of hydrogen-bond donors (Lipinski definition) is 1. The first-order valence-electron chi connectivity index (χ1n) is 7.01. The molecule has 0 aromatic carbocycles. The molecule has 2 rings (SSSR count). The van der Waals surface area contributed by atoms with E-state index in [-0.39, 0.29) is 0 Å². The number of hydrogen-bond acceptors (Lipinski definition) is 3. The van der Waals surface area contributed by atoms with Crippen LogP contribution in [0, 0.1) is 5.92 Å². The van der Waals surface area contributed by atoms with Crippen LogP contribution in [0.2, 0.25) is 0 Å². The first-order valence-corrected chi connectivity index (χ1v) is 7.01. The topological polar surface area (TPSA) is 42.7 Å². The second kappa shape index (κ2) is 6.03. The molecule has 1 saturated carbocycles. The van der Waals surface area contributed by atoms with Crippen molar-refractivity contribution in [3.63, 3.8) is 0 Å². The SMILES string of the molecule is CCNc1nnc(CC2CCCCC2)n1CC. The minimum atomic E-state index is 0.827. The number of aromatic nitrogens is 3. The Labute approximate surface area is 104 Å². The molecule has 1 heterocycles. The highest BCUT2D eigenvalue weighted by atomic mass is 15.3. The van der Waals surface area contributed by atoms with Gasteiger partial charge >= 0.3 is 0 Å². The fourth-order valence-corrected chi connectivity index (χ4v) is 2.76. The Bertz CT molecular complexity index is 339. The number of nitrogens with zero attached hydrogens (tertiary/aromatic N) is 3. The van der Waals surface area contributed by atoms with E-state index >= 15 is 0 Å². The molecule has 0 radical (unpaired) electrons. The van der Waals surface area contributed by atoms with Crippen molar-refractivity contribution in [1.82, 2.24) is 14.8 Å². The van der Waals surface area contributed by atoms with E-state index in [9.17, 15) is 0 Å². The minimum Gasteiger partial charge on any atom is -0.355 e. The molecule has 4 nitrogen and oxygen atoms in total. The molecule has 1 aromatic heterocycles. The molecule has 4 heteroatoms. The third-order valence-electron chi connectivity index (χ3n) is 3.67. The zero-order valence-corrected chi connectivity index (χ0v) is 11.1. The van der Waals surface area contributed by atoms with Crippen molar-refractivity contribution in [2.45, 2.75) is 58.9 Å². The fourth-order valence-electron chi connectivity index (χ4n) is 2.76. The molecular formula is C13H24N4. The second-order valence-corrected chi connectivity index (χ2v) is 4.92. The summed E-state index contributed by atoms with van der Waals surface area (Å²) in [5.74, 6) is 2.92.